The number of carbonyl (C=O) groups excluding carboxylic acids is 1. The molecule has 1 N–H and O–H groups in total. The summed E-state index contributed by atoms with van der Waals surface area (Å²) in [7, 11) is 0. The Morgan fingerprint density at radius 3 is 2.35 bits per heavy atom. The molecule has 2 aliphatic rings. The van der Waals surface area contributed by atoms with E-state index in [1.807, 2.05) is 21.7 Å². The lowest BCUT2D eigenvalue weighted by molar-refractivity contribution is -0.137. The van der Waals surface area contributed by atoms with Crippen LogP contribution in [0.5, 0.6) is 0 Å². The normalized spacial score (nSPS) is 17.2. The van der Waals surface area contributed by atoms with Crippen LogP contribution in [-0.2, 0) is 30.5 Å². The van der Waals surface area contributed by atoms with E-state index >= 15 is 0 Å². The number of nitrogens with zero attached hydrogens (tertiary/aromatic N) is 5. The Labute approximate surface area is 240 Å². The van der Waals surface area contributed by atoms with Crippen LogP contribution in [0.3, 0.4) is 0 Å². The van der Waals surface area contributed by atoms with Crippen LogP contribution in [0.15, 0.2) is 42.5 Å². The Balaban J connectivity index is 1.25. The van der Waals surface area contributed by atoms with Gasteiger partial charge in [-0.25, -0.2) is 0 Å². The molecular weight excluding hydrogens is 566 g/mol. The van der Waals surface area contributed by atoms with Crippen LogP contribution in [0.25, 0.3) is 11.3 Å². The van der Waals surface area contributed by atoms with Gasteiger partial charge in [-0.2, -0.15) is 18.3 Å². The fraction of sp³-hybridized carbons (Fsp3) is 0.429. The van der Waals surface area contributed by atoms with Gasteiger partial charge in [-0.15, -0.1) is 0 Å². The Morgan fingerprint density at radius 1 is 1.00 bits per heavy atom. The van der Waals surface area contributed by atoms with Gasteiger partial charge in [0.05, 0.1) is 23.9 Å². The van der Waals surface area contributed by atoms with Gasteiger partial charge in [0.25, 0.3) is 0 Å². The molecule has 1 aromatic heterocycles. The molecule has 0 spiro atoms. The molecule has 40 heavy (non-hydrogen) atoms. The average Bonchev–Trinajstić information content (AvgIpc) is 3.26. The second-order valence-corrected chi connectivity index (χ2v) is 11.2. The van der Waals surface area contributed by atoms with Crippen molar-refractivity contribution in [2.45, 2.75) is 38.7 Å². The summed E-state index contributed by atoms with van der Waals surface area (Å²) >= 11 is 12.0. The summed E-state index contributed by atoms with van der Waals surface area (Å²) in [6.45, 7) is 5.51. The number of aliphatic hydroxyl groups excluding tert-OH is 1. The third-order valence-electron chi connectivity index (χ3n) is 7.50. The molecule has 3 heterocycles. The minimum atomic E-state index is -4.46. The maximum absolute atomic E-state index is 13.2. The molecule has 2 aromatic carbocycles. The maximum Gasteiger partial charge on any atom is 0.416 e. The molecule has 7 nitrogen and oxygen atoms in total. The number of β-amino-alcohol motifs (C(OH)–C–C–N with tert-alkyl or cyclic N) is 1. The van der Waals surface area contributed by atoms with E-state index in [-0.39, 0.29) is 10.9 Å². The summed E-state index contributed by atoms with van der Waals surface area (Å²) in [6, 6.07) is 11.0. The third-order valence-corrected chi connectivity index (χ3v) is 7.97. The number of hydrogen-bond acceptors (Lipinski definition) is 5. The first-order chi connectivity index (χ1) is 19.0. The predicted molar refractivity (Wildman–Crippen MR) is 149 cm³/mol. The summed E-state index contributed by atoms with van der Waals surface area (Å²) < 4.78 is 41.5. The number of halogens is 5. The molecular formula is C28H30Cl2F3N5O2. The number of benzene rings is 2. The van der Waals surface area contributed by atoms with Gasteiger partial charge in [0.2, 0.25) is 5.91 Å². The zero-order valence-electron chi connectivity index (χ0n) is 22.0. The lowest BCUT2D eigenvalue weighted by Gasteiger charge is -2.37. The van der Waals surface area contributed by atoms with Gasteiger partial charge < -0.3 is 14.9 Å². The van der Waals surface area contributed by atoms with Gasteiger partial charge in [0, 0.05) is 91.7 Å². The third kappa shape index (κ3) is 6.40. The molecule has 214 valence electrons. The number of amides is 1. The number of anilines is 1. The molecule has 1 amide bonds. The highest BCUT2D eigenvalue weighted by molar-refractivity contribution is 6.31. The Bertz CT molecular complexity index is 1370. The minimum Gasteiger partial charge on any atom is -0.390 e. The number of piperazine rings is 1. The molecule has 1 unspecified atom stereocenters. The van der Waals surface area contributed by atoms with E-state index in [1.54, 1.807) is 30.0 Å². The van der Waals surface area contributed by atoms with Crippen LogP contribution in [0.4, 0.5) is 18.9 Å². The van der Waals surface area contributed by atoms with Crippen molar-refractivity contribution in [3.8, 4) is 11.3 Å². The topological polar surface area (TPSA) is 64.8 Å². The van der Waals surface area contributed by atoms with Gasteiger partial charge in [-0.3, -0.25) is 14.4 Å². The van der Waals surface area contributed by atoms with E-state index in [4.69, 9.17) is 28.3 Å². The molecule has 1 atom stereocenters. The standard InChI is InChI=1S/C28H30Cl2F3N5O2/c1-18(39)37-7-6-26-25(17-37)27(19-2-4-21(29)5-3-19)34-38(26)16-24(40)15-35-8-10-36(11-9-35)23-13-20(28(31,32)33)12-22(30)14-23/h2-5,12-14,24,40H,6-11,15-17H2,1H3. The Hall–Kier alpha value is -2.79. The van der Waals surface area contributed by atoms with Crippen LogP contribution < -0.4 is 4.90 Å². The summed E-state index contributed by atoms with van der Waals surface area (Å²) in [5.41, 5.74) is 3.33. The van der Waals surface area contributed by atoms with E-state index in [0.29, 0.717) is 69.5 Å². The molecule has 2 aliphatic heterocycles. The number of alkyl halides is 3. The molecule has 1 saturated heterocycles. The quantitative estimate of drug-likeness (QED) is 0.436. The second-order valence-electron chi connectivity index (χ2n) is 10.3. The van der Waals surface area contributed by atoms with E-state index in [9.17, 15) is 23.1 Å². The summed E-state index contributed by atoms with van der Waals surface area (Å²) in [5.74, 6) is 0.00652. The summed E-state index contributed by atoms with van der Waals surface area (Å²) in [4.78, 5) is 17.8. The van der Waals surface area contributed by atoms with Crippen LogP contribution in [-0.4, -0.2) is 76.0 Å². The van der Waals surface area contributed by atoms with Crippen molar-refractivity contribution >= 4 is 34.8 Å². The molecule has 0 saturated carbocycles. The van der Waals surface area contributed by atoms with Gasteiger partial charge in [0.1, 0.15) is 0 Å². The predicted octanol–water partition coefficient (Wildman–Crippen LogP) is 4.96. The maximum atomic E-state index is 13.2. The van der Waals surface area contributed by atoms with Crippen LogP contribution >= 0.6 is 23.2 Å². The van der Waals surface area contributed by atoms with Crippen molar-refractivity contribution in [1.29, 1.82) is 0 Å². The molecule has 0 radical (unpaired) electrons. The number of aliphatic hydroxyl groups is 1. The lowest BCUT2D eigenvalue weighted by Crippen LogP contribution is -2.49. The first-order valence-corrected chi connectivity index (χ1v) is 13.9. The zero-order valence-corrected chi connectivity index (χ0v) is 23.5. The molecule has 0 aliphatic carbocycles. The van der Waals surface area contributed by atoms with Gasteiger partial charge in [0.15, 0.2) is 0 Å². The van der Waals surface area contributed by atoms with Crippen molar-refractivity contribution in [3.05, 3.63) is 69.3 Å². The Kier molecular flexibility index (Phi) is 8.33. The number of rotatable bonds is 6. The number of aromatic nitrogens is 2. The number of hydrogen-bond donors (Lipinski definition) is 1. The number of carbonyl (C=O) groups is 1. The summed E-state index contributed by atoms with van der Waals surface area (Å²) in [5, 5.41) is 16.5. The number of fused-ring (bicyclic) bond motifs is 1. The van der Waals surface area contributed by atoms with Crippen molar-refractivity contribution in [3.63, 3.8) is 0 Å². The van der Waals surface area contributed by atoms with E-state index < -0.39 is 17.8 Å². The van der Waals surface area contributed by atoms with Crippen LogP contribution in [0.2, 0.25) is 10.0 Å². The largest absolute Gasteiger partial charge is 0.416 e. The van der Waals surface area contributed by atoms with E-state index in [1.165, 1.54) is 0 Å². The average molecular weight is 596 g/mol. The molecule has 5 rings (SSSR count). The molecule has 1 fully saturated rings. The first kappa shape index (κ1) is 28.7. The molecule has 0 bridgehead atoms. The van der Waals surface area contributed by atoms with Gasteiger partial charge in [-0.05, 0) is 30.3 Å². The van der Waals surface area contributed by atoms with Crippen LogP contribution in [0.1, 0.15) is 23.7 Å². The van der Waals surface area contributed by atoms with E-state index in [0.717, 1.165) is 34.6 Å². The SMILES string of the molecule is CC(=O)N1CCc2c(c(-c3ccc(Cl)cc3)nn2CC(O)CN2CCN(c3cc(Cl)cc(C(F)(F)F)c3)CC2)C1. The van der Waals surface area contributed by atoms with Crippen molar-refractivity contribution in [2.75, 3.05) is 44.2 Å². The highest BCUT2D eigenvalue weighted by Crippen LogP contribution is 2.35. The highest BCUT2D eigenvalue weighted by Gasteiger charge is 2.32. The zero-order chi connectivity index (χ0) is 28.6. The van der Waals surface area contributed by atoms with E-state index in [2.05, 4.69) is 4.90 Å². The van der Waals surface area contributed by atoms with Crippen LogP contribution in [0, 0.1) is 0 Å². The monoisotopic (exact) mass is 595 g/mol. The van der Waals surface area contributed by atoms with Crippen molar-refractivity contribution in [1.82, 2.24) is 19.6 Å². The Morgan fingerprint density at radius 2 is 1.70 bits per heavy atom. The molecule has 12 heteroatoms. The molecule has 3 aromatic rings. The van der Waals surface area contributed by atoms with Gasteiger partial charge >= 0.3 is 6.18 Å². The minimum absolute atomic E-state index is 0.00652. The fourth-order valence-electron chi connectivity index (χ4n) is 5.41. The fourth-order valence-corrected chi connectivity index (χ4v) is 5.77. The van der Waals surface area contributed by atoms with Crippen molar-refractivity contribution in [2.24, 2.45) is 0 Å². The smallest absolute Gasteiger partial charge is 0.390 e. The summed E-state index contributed by atoms with van der Waals surface area (Å²) in [6.07, 6.45) is -4.53. The lowest BCUT2D eigenvalue weighted by atomic mass is 10.0. The highest BCUT2D eigenvalue weighted by atomic mass is 35.5. The first-order valence-electron chi connectivity index (χ1n) is 13.1. The van der Waals surface area contributed by atoms with Gasteiger partial charge in [-0.1, -0.05) is 35.3 Å². The second kappa shape index (κ2) is 11.6. The van der Waals surface area contributed by atoms with Crippen molar-refractivity contribution < 1.29 is 23.1 Å².